The van der Waals surface area contributed by atoms with E-state index in [1.54, 1.807) is 18.2 Å². The van der Waals surface area contributed by atoms with Crippen LogP contribution in [-0.2, 0) is 13.1 Å². The van der Waals surface area contributed by atoms with Crippen LogP contribution in [0.4, 0.5) is 0 Å². The molecule has 110 valence electrons. The van der Waals surface area contributed by atoms with Gasteiger partial charge in [0.15, 0.2) is 0 Å². The van der Waals surface area contributed by atoms with Crippen LogP contribution in [-0.4, -0.2) is 11.1 Å². The Bertz CT molecular complexity index is 639. The zero-order chi connectivity index (χ0) is 15.4. The van der Waals surface area contributed by atoms with Crippen molar-refractivity contribution in [2.75, 3.05) is 0 Å². The Morgan fingerprint density at radius 1 is 1.05 bits per heavy atom. The lowest BCUT2D eigenvalue weighted by Crippen LogP contribution is -2.15. The SMILES string of the molecule is Cc1cc(C)c(CNCc2cccc(C(=O)O)c2)c(C)c1. The molecule has 2 N–H and O–H groups in total. The summed E-state index contributed by atoms with van der Waals surface area (Å²) < 4.78 is 0. The fourth-order valence-electron chi connectivity index (χ4n) is 2.63. The summed E-state index contributed by atoms with van der Waals surface area (Å²) in [6.07, 6.45) is 0. The number of benzene rings is 2. The minimum Gasteiger partial charge on any atom is -0.478 e. The lowest BCUT2D eigenvalue weighted by molar-refractivity contribution is 0.0696. The van der Waals surface area contributed by atoms with E-state index in [2.05, 4.69) is 38.2 Å². The summed E-state index contributed by atoms with van der Waals surface area (Å²) in [7, 11) is 0. The summed E-state index contributed by atoms with van der Waals surface area (Å²) >= 11 is 0. The van der Waals surface area contributed by atoms with Gasteiger partial charge in [-0.1, -0.05) is 29.8 Å². The number of nitrogens with one attached hydrogen (secondary N) is 1. The van der Waals surface area contributed by atoms with Crippen molar-refractivity contribution in [3.8, 4) is 0 Å². The fourth-order valence-corrected chi connectivity index (χ4v) is 2.63. The van der Waals surface area contributed by atoms with E-state index in [1.165, 1.54) is 22.3 Å². The summed E-state index contributed by atoms with van der Waals surface area (Å²) in [6, 6.07) is 11.4. The van der Waals surface area contributed by atoms with Crippen LogP contribution < -0.4 is 5.32 Å². The number of hydrogen-bond acceptors (Lipinski definition) is 2. The molecule has 0 aliphatic heterocycles. The monoisotopic (exact) mass is 283 g/mol. The smallest absolute Gasteiger partial charge is 0.335 e. The maximum absolute atomic E-state index is 10.9. The molecule has 0 bridgehead atoms. The summed E-state index contributed by atoms with van der Waals surface area (Å²) in [4.78, 5) is 10.9. The molecule has 0 saturated carbocycles. The van der Waals surface area contributed by atoms with Crippen LogP contribution >= 0.6 is 0 Å². The van der Waals surface area contributed by atoms with Gasteiger partial charge in [-0.3, -0.25) is 0 Å². The maximum atomic E-state index is 10.9. The standard InChI is InChI=1S/C18H21NO2/c1-12-7-13(2)17(14(3)8-12)11-19-10-15-5-4-6-16(9-15)18(20)21/h4-9,19H,10-11H2,1-3H3,(H,20,21). The highest BCUT2D eigenvalue weighted by Crippen LogP contribution is 2.16. The minimum atomic E-state index is -0.887. The second-order valence-electron chi connectivity index (χ2n) is 5.49. The van der Waals surface area contributed by atoms with E-state index in [-0.39, 0.29) is 0 Å². The predicted molar refractivity (Wildman–Crippen MR) is 84.6 cm³/mol. The van der Waals surface area contributed by atoms with Crippen molar-refractivity contribution in [3.63, 3.8) is 0 Å². The van der Waals surface area contributed by atoms with E-state index < -0.39 is 5.97 Å². The van der Waals surface area contributed by atoms with Gasteiger partial charge in [0.2, 0.25) is 0 Å². The van der Waals surface area contributed by atoms with Crippen LogP contribution in [0.1, 0.15) is 38.2 Å². The molecule has 0 amide bonds. The Labute approximate surface area is 125 Å². The predicted octanol–water partition coefficient (Wildman–Crippen LogP) is 3.60. The van der Waals surface area contributed by atoms with E-state index in [1.807, 2.05) is 6.07 Å². The molecule has 0 unspecified atom stereocenters. The van der Waals surface area contributed by atoms with E-state index in [0.29, 0.717) is 12.1 Å². The van der Waals surface area contributed by atoms with Gasteiger partial charge in [0, 0.05) is 13.1 Å². The molecule has 2 aromatic carbocycles. The number of rotatable bonds is 5. The van der Waals surface area contributed by atoms with Crippen molar-refractivity contribution in [2.45, 2.75) is 33.9 Å². The highest BCUT2D eigenvalue weighted by Gasteiger charge is 2.05. The van der Waals surface area contributed by atoms with Gasteiger partial charge < -0.3 is 10.4 Å². The third-order valence-corrected chi connectivity index (χ3v) is 3.65. The summed E-state index contributed by atoms with van der Waals surface area (Å²) in [5.74, 6) is -0.887. The first-order valence-electron chi connectivity index (χ1n) is 7.07. The Morgan fingerprint density at radius 2 is 1.71 bits per heavy atom. The zero-order valence-corrected chi connectivity index (χ0v) is 12.7. The first kappa shape index (κ1) is 15.3. The summed E-state index contributed by atoms with van der Waals surface area (Å²) in [5, 5.41) is 12.4. The molecule has 0 radical (unpaired) electrons. The van der Waals surface area contributed by atoms with Crippen molar-refractivity contribution in [3.05, 3.63) is 69.8 Å². The first-order chi connectivity index (χ1) is 9.97. The van der Waals surface area contributed by atoms with E-state index >= 15 is 0 Å². The molecule has 0 aliphatic rings. The number of hydrogen-bond donors (Lipinski definition) is 2. The van der Waals surface area contributed by atoms with Gasteiger partial charge in [-0.05, 0) is 55.2 Å². The topological polar surface area (TPSA) is 49.3 Å². The molecule has 0 fully saturated rings. The molecule has 2 aromatic rings. The van der Waals surface area contributed by atoms with Crippen LogP contribution in [0, 0.1) is 20.8 Å². The fraction of sp³-hybridized carbons (Fsp3) is 0.278. The summed E-state index contributed by atoms with van der Waals surface area (Å²) in [6.45, 7) is 7.81. The second-order valence-corrected chi connectivity index (χ2v) is 5.49. The molecular formula is C18H21NO2. The number of aromatic carboxylic acids is 1. The number of carboxylic acids is 1. The Hall–Kier alpha value is -2.13. The molecule has 3 nitrogen and oxygen atoms in total. The summed E-state index contributed by atoms with van der Waals surface area (Å²) in [5.41, 5.74) is 6.49. The molecule has 2 rings (SSSR count). The highest BCUT2D eigenvalue weighted by molar-refractivity contribution is 5.87. The van der Waals surface area contributed by atoms with Gasteiger partial charge in [-0.2, -0.15) is 0 Å². The lowest BCUT2D eigenvalue weighted by atomic mass is 10.00. The largest absolute Gasteiger partial charge is 0.478 e. The van der Waals surface area contributed by atoms with Crippen molar-refractivity contribution in [1.29, 1.82) is 0 Å². The van der Waals surface area contributed by atoms with Crippen LogP contribution in [0.25, 0.3) is 0 Å². The highest BCUT2D eigenvalue weighted by atomic mass is 16.4. The molecule has 0 aliphatic carbocycles. The van der Waals surface area contributed by atoms with E-state index in [9.17, 15) is 4.79 Å². The van der Waals surface area contributed by atoms with E-state index in [0.717, 1.165) is 12.1 Å². The molecule has 0 saturated heterocycles. The number of aryl methyl sites for hydroxylation is 3. The third-order valence-electron chi connectivity index (χ3n) is 3.65. The van der Waals surface area contributed by atoms with Crippen LogP contribution in [0.5, 0.6) is 0 Å². The van der Waals surface area contributed by atoms with Crippen molar-refractivity contribution < 1.29 is 9.90 Å². The van der Waals surface area contributed by atoms with Gasteiger partial charge in [0.25, 0.3) is 0 Å². The molecule has 0 spiro atoms. The first-order valence-corrected chi connectivity index (χ1v) is 7.07. The Balaban J connectivity index is 2.02. The van der Waals surface area contributed by atoms with E-state index in [4.69, 9.17) is 5.11 Å². The van der Waals surface area contributed by atoms with Gasteiger partial charge in [0.1, 0.15) is 0 Å². The van der Waals surface area contributed by atoms with Gasteiger partial charge >= 0.3 is 5.97 Å². The average Bonchev–Trinajstić information content (AvgIpc) is 2.42. The normalized spacial score (nSPS) is 10.6. The second kappa shape index (κ2) is 6.55. The van der Waals surface area contributed by atoms with Crippen molar-refractivity contribution in [2.24, 2.45) is 0 Å². The molecule has 0 heterocycles. The lowest BCUT2D eigenvalue weighted by Gasteiger charge is -2.12. The molecule has 21 heavy (non-hydrogen) atoms. The van der Waals surface area contributed by atoms with Gasteiger partial charge in [-0.15, -0.1) is 0 Å². The number of carbonyl (C=O) groups is 1. The zero-order valence-electron chi connectivity index (χ0n) is 12.7. The number of carboxylic acid groups (broad SMARTS) is 1. The van der Waals surface area contributed by atoms with Crippen molar-refractivity contribution >= 4 is 5.97 Å². The van der Waals surface area contributed by atoms with Crippen LogP contribution in [0.3, 0.4) is 0 Å². The quantitative estimate of drug-likeness (QED) is 0.881. The molecule has 0 atom stereocenters. The van der Waals surface area contributed by atoms with Gasteiger partial charge in [0.05, 0.1) is 5.56 Å². The maximum Gasteiger partial charge on any atom is 0.335 e. The average molecular weight is 283 g/mol. The van der Waals surface area contributed by atoms with Crippen LogP contribution in [0.15, 0.2) is 36.4 Å². The minimum absolute atomic E-state index is 0.331. The Morgan fingerprint density at radius 3 is 2.33 bits per heavy atom. The third kappa shape index (κ3) is 3.92. The molecular weight excluding hydrogens is 262 g/mol. The van der Waals surface area contributed by atoms with Crippen LogP contribution in [0.2, 0.25) is 0 Å². The molecule has 3 heteroatoms. The van der Waals surface area contributed by atoms with Gasteiger partial charge in [-0.25, -0.2) is 4.79 Å². The molecule has 0 aromatic heterocycles. The van der Waals surface area contributed by atoms with Crippen molar-refractivity contribution in [1.82, 2.24) is 5.32 Å². The Kier molecular flexibility index (Phi) is 4.76.